The third kappa shape index (κ3) is 5.94. The lowest BCUT2D eigenvalue weighted by Gasteiger charge is -2.31. The molecule has 0 aliphatic carbocycles. The Morgan fingerprint density at radius 1 is 1.07 bits per heavy atom. The molecule has 160 valence electrons. The molecule has 2 rings (SSSR count). The highest BCUT2D eigenvalue weighted by Crippen LogP contribution is 2.43. The highest BCUT2D eigenvalue weighted by atomic mass is 127. The largest absolute Gasteiger partial charge is 0.417 e. The summed E-state index contributed by atoms with van der Waals surface area (Å²) in [6.45, 7) is 4.89. The van der Waals surface area contributed by atoms with Gasteiger partial charge in [-0.3, -0.25) is 0 Å². The zero-order valence-corrected chi connectivity index (χ0v) is 20.8. The number of alkyl halides is 4. The molecule has 0 fully saturated rings. The highest BCUT2D eigenvalue weighted by molar-refractivity contribution is 14.1. The fourth-order valence-corrected chi connectivity index (χ4v) is 7.42. The molecular formula is C18H17Cl2F3INO2S2. The molecule has 1 N–H and O–H groups in total. The molecule has 2 aromatic carbocycles. The summed E-state index contributed by atoms with van der Waals surface area (Å²) in [6, 6.07) is 7.65. The number of aryl methyl sites for hydroxylation is 3. The van der Waals surface area contributed by atoms with Crippen LogP contribution in [0.2, 0.25) is 10.0 Å². The van der Waals surface area contributed by atoms with E-state index in [1.807, 2.05) is 4.72 Å². The maximum atomic E-state index is 13.9. The van der Waals surface area contributed by atoms with Gasteiger partial charge in [0.2, 0.25) is 10.0 Å². The first-order valence-electron chi connectivity index (χ1n) is 8.11. The highest BCUT2D eigenvalue weighted by Gasteiger charge is 2.55. The molecule has 0 heterocycles. The second-order valence-electron chi connectivity index (χ2n) is 6.50. The zero-order chi connectivity index (χ0) is 22.2. The zero-order valence-electron chi connectivity index (χ0n) is 15.5. The smallest absolute Gasteiger partial charge is 0.207 e. The van der Waals surface area contributed by atoms with Crippen molar-refractivity contribution in [3.63, 3.8) is 0 Å². The van der Waals surface area contributed by atoms with Crippen molar-refractivity contribution in [2.75, 3.05) is 5.75 Å². The van der Waals surface area contributed by atoms with Gasteiger partial charge in [0.25, 0.3) is 0 Å². The van der Waals surface area contributed by atoms with Crippen LogP contribution in [0.15, 0.2) is 40.1 Å². The summed E-state index contributed by atoms with van der Waals surface area (Å²) < 4.78 is 66.6. The Morgan fingerprint density at radius 2 is 1.62 bits per heavy atom. The molecule has 29 heavy (non-hydrogen) atoms. The molecule has 2 aromatic rings. The summed E-state index contributed by atoms with van der Waals surface area (Å²) in [7, 11) is -4.45. The first-order valence-corrected chi connectivity index (χ1v) is 12.4. The van der Waals surface area contributed by atoms with E-state index in [0.717, 1.165) is 39.9 Å². The molecule has 1 unspecified atom stereocenters. The normalized spacial score (nSPS) is 14.7. The minimum atomic E-state index is -4.86. The predicted octanol–water partition coefficient (Wildman–Crippen LogP) is 6.68. The van der Waals surface area contributed by atoms with Crippen LogP contribution in [-0.2, 0) is 10.0 Å². The summed E-state index contributed by atoms with van der Waals surface area (Å²) in [5.74, 6) is -0.639. The maximum absolute atomic E-state index is 13.9. The van der Waals surface area contributed by atoms with Crippen LogP contribution in [0.25, 0.3) is 0 Å². The van der Waals surface area contributed by atoms with E-state index < -0.39 is 25.5 Å². The Labute approximate surface area is 195 Å². The molecule has 0 aliphatic heterocycles. The van der Waals surface area contributed by atoms with Crippen molar-refractivity contribution < 1.29 is 21.6 Å². The molecule has 0 aliphatic rings. The van der Waals surface area contributed by atoms with Crippen LogP contribution in [0, 0.1) is 20.8 Å². The molecule has 3 nitrogen and oxygen atoms in total. The lowest BCUT2D eigenvalue weighted by molar-refractivity contribution is -0.151. The van der Waals surface area contributed by atoms with Gasteiger partial charge in [-0.25, -0.2) is 8.42 Å². The Kier molecular flexibility index (Phi) is 7.88. The standard InChI is InChI=1S/C18H17Cl2F3INO2S2/c1-10-6-11(2)16(12(3)7-10)29(26,27)25-17(24,18(21,22)23)9-28-15-8-13(19)4-5-14(15)20/h4-8,25H,9H2,1-3H3. The number of sulfonamides is 1. The number of hydrogen-bond donors (Lipinski definition) is 1. The summed E-state index contributed by atoms with van der Waals surface area (Å²) in [5, 5.41) is 0.544. The van der Waals surface area contributed by atoms with Gasteiger partial charge in [-0.2, -0.15) is 17.9 Å². The van der Waals surface area contributed by atoms with Crippen LogP contribution >= 0.6 is 57.6 Å². The van der Waals surface area contributed by atoms with Gasteiger partial charge in [-0.05, 0) is 72.7 Å². The van der Waals surface area contributed by atoms with Crippen LogP contribution < -0.4 is 4.72 Å². The monoisotopic (exact) mass is 597 g/mol. The number of rotatable bonds is 6. The summed E-state index contributed by atoms with van der Waals surface area (Å²) >= 11 is 13.8. The number of hydrogen-bond acceptors (Lipinski definition) is 3. The van der Waals surface area contributed by atoms with Crippen molar-refractivity contribution in [3.05, 3.63) is 57.1 Å². The maximum Gasteiger partial charge on any atom is 0.417 e. The van der Waals surface area contributed by atoms with E-state index in [4.69, 9.17) is 23.2 Å². The fraction of sp³-hybridized carbons (Fsp3) is 0.333. The average Bonchev–Trinajstić information content (AvgIpc) is 2.52. The first kappa shape index (κ1) is 25.1. The van der Waals surface area contributed by atoms with E-state index in [-0.39, 0.29) is 9.92 Å². The Bertz CT molecular complexity index is 1010. The summed E-state index contributed by atoms with van der Waals surface area (Å²) in [5.41, 5.74) is 1.57. The molecule has 0 amide bonds. The van der Waals surface area contributed by atoms with E-state index in [1.165, 1.54) is 18.2 Å². The van der Waals surface area contributed by atoms with Crippen molar-refractivity contribution in [1.29, 1.82) is 0 Å². The first-order chi connectivity index (χ1) is 13.2. The molecule has 0 spiro atoms. The van der Waals surface area contributed by atoms with Gasteiger partial charge in [-0.1, -0.05) is 40.9 Å². The molecule has 0 radical (unpaired) electrons. The predicted molar refractivity (Wildman–Crippen MR) is 121 cm³/mol. The lowest BCUT2D eigenvalue weighted by Crippen LogP contribution is -2.55. The summed E-state index contributed by atoms with van der Waals surface area (Å²) in [4.78, 5) is 0.172. The van der Waals surface area contributed by atoms with Crippen LogP contribution in [0.3, 0.4) is 0 Å². The number of halogens is 6. The fourth-order valence-electron chi connectivity index (χ4n) is 2.79. The molecular weight excluding hydrogens is 581 g/mol. The quantitative estimate of drug-likeness (QED) is 0.175. The molecule has 1 atom stereocenters. The molecule has 0 saturated heterocycles. The molecule has 11 heteroatoms. The van der Waals surface area contributed by atoms with Crippen molar-refractivity contribution in [3.8, 4) is 0 Å². The third-order valence-electron chi connectivity index (χ3n) is 3.94. The van der Waals surface area contributed by atoms with E-state index in [9.17, 15) is 21.6 Å². The van der Waals surface area contributed by atoms with Crippen LogP contribution in [0.4, 0.5) is 13.2 Å². The second kappa shape index (κ2) is 9.12. The number of nitrogens with one attached hydrogen (secondary N) is 1. The van der Waals surface area contributed by atoms with Crippen molar-refractivity contribution in [1.82, 2.24) is 4.72 Å². The van der Waals surface area contributed by atoms with Gasteiger partial charge in [-0.15, -0.1) is 11.8 Å². The molecule has 0 aromatic heterocycles. The topological polar surface area (TPSA) is 46.2 Å². The van der Waals surface area contributed by atoms with Crippen molar-refractivity contribution >= 4 is 67.6 Å². The van der Waals surface area contributed by atoms with Crippen LogP contribution in [-0.4, -0.2) is 23.9 Å². The Morgan fingerprint density at radius 3 is 2.14 bits per heavy atom. The average molecular weight is 598 g/mol. The van der Waals surface area contributed by atoms with Gasteiger partial charge in [0, 0.05) is 15.7 Å². The van der Waals surface area contributed by atoms with Gasteiger partial charge in [0.1, 0.15) is 0 Å². The van der Waals surface area contributed by atoms with E-state index in [0.29, 0.717) is 21.0 Å². The molecule has 0 bridgehead atoms. The Balaban J connectivity index is 2.41. The van der Waals surface area contributed by atoms with Gasteiger partial charge in [0.05, 0.1) is 9.92 Å². The SMILES string of the molecule is Cc1cc(C)c(S(=O)(=O)NC(I)(CSc2cc(Cl)ccc2Cl)C(F)(F)F)c(C)c1. The minimum Gasteiger partial charge on any atom is -0.207 e. The van der Waals surface area contributed by atoms with Gasteiger partial charge >= 0.3 is 6.18 Å². The van der Waals surface area contributed by atoms with E-state index in [2.05, 4.69) is 0 Å². The Hall–Kier alpha value is -0.200. The van der Waals surface area contributed by atoms with E-state index in [1.54, 1.807) is 32.9 Å². The number of thioether (sulfide) groups is 1. The van der Waals surface area contributed by atoms with Gasteiger partial charge in [0.15, 0.2) is 3.55 Å². The second-order valence-corrected chi connectivity index (χ2v) is 11.8. The summed E-state index contributed by atoms with van der Waals surface area (Å²) in [6.07, 6.45) is -4.86. The van der Waals surface area contributed by atoms with Gasteiger partial charge < -0.3 is 0 Å². The van der Waals surface area contributed by atoms with Crippen molar-refractivity contribution in [2.45, 2.75) is 40.3 Å². The minimum absolute atomic E-state index is 0.154. The van der Waals surface area contributed by atoms with Crippen LogP contribution in [0.1, 0.15) is 16.7 Å². The van der Waals surface area contributed by atoms with Crippen LogP contribution in [0.5, 0.6) is 0 Å². The lowest BCUT2D eigenvalue weighted by atomic mass is 10.1. The third-order valence-corrected chi connectivity index (χ3v) is 9.79. The number of benzene rings is 2. The van der Waals surface area contributed by atoms with E-state index >= 15 is 0 Å². The van der Waals surface area contributed by atoms with Crippen molar-refractivity contribution in [2.24, 2.45) is 0 Å². The molecule has 0 saturated carbocycles.